The highest BCUT2D eigenvalue weighted by atomic mass is 35.5. The van der Waals surface area contributed by atoms with Crippen LogP contribution < -0.4 is 10.7 Å². The molecular formula is C21H16Cl5N3O2. The van der Waals surface area contributed by atoms with E-state index in [0.29, 0.717) is 27.2 Å². The summed E-state index contributed by atoms with van der Waals surface area (Å²) < 4.78 is -1.30. The molecule has 5 nitrogen and oxygen atoms in total. The second kappa shape index (κ2) is 8.80. The third-order valence-corrected chi connectivity index (χ3v) is 6.84. The van der Waals surface area contributed by atoms with Crippen LogP contribution in [0.5, 0.6) is 0 Å². The van der Waals surface area contributed by atoms with Crippen molar-refractivity contribution in [2.45, 2.75) is 23.1 Å². The van der Waals surface area contributed by atoms with Crippen molar-refractivity contribution in [2.24, 2.45) is 16.9 Å². The second-order valence-corrected chi connectivity index (χ2v) is 10.3. The van der Waals surface area contributed by atoms with E-state index in [0.717, 1.165) is 12.8 Å². The van der Waals surface area contributed by atoms with Gasteiger partial charge in [0.15, 0.2) is 0 Å². The molecule has 0 unspecified atom stereocenters. The summed E-state index contributed by atoms with van der Waals surface area (Å²) in [7, 11) is 0. The Morgan fingerprint density at radius 2 is 1.71 bits per heavy atom. The van der Waals surface area contributed by atoms with Crippen LogP contribution in [0.4, 0.5) is 5.69 Å². The van der Waals surface area contributed by atoms with Gasteiger partial charge in [0.2, 0.25) is 5.91 Å². The number of hydrogen-bond donors (Lipinski definition) is 2. The first-order valence-corrected chi connectivity index (χ1v) is 11.3. The number of benzene rings is 2. The Morgan fingerprint density at radius 3 is 2.35 bits per heavy atom. The van der Waals surface area contributed by atoms with Crippen LogP contribution in [0.1, 0.15) is 34.7 Å². The van der Waals surface area contributed by atoms with Crippen LogP contribution in [-0.2, 0) is 4.79 Å². The third-order valence-electron chi connectivity index (χ3n) is 5.13. The summed E-state index contributed by atoms with van der Waals surface area (Å²) in [6.07, 6.45) is 3.86. The molecular weight excluding hydrogens is 504 g/mol. The van der Waals surface area contributed by atoms with E-state index in [2.05, 4.69) is 15.8 Å². The van der Waals surface area contributed by atoms with Gasteiger partial charge in [-0.3, -0.25) is 9.59 Å². The Kier molecular flexibility index (Phi) is 6.44. The topological polar surface area (TPSA) is 70.6 Å². The molecule has 2 fully saturated rings. The number of halogens is 5. The van der Waals surface area contributed by atoms with Crippen LogP contribution in [0.2, 0.25) is 15.1 Å². The number of amides is 2. The number of nitrogens with zero attached hydrogens (tertiary/aromatic N) is 1. The molecule has 162 valence electrons. The summed E-state index contributed by atoms with van der Waals surface area (Å²) in [5.41, 5.74) is 3.68. The fourth-order valence-corrected chi connectivity index (χ4v) is 4.90. The third kappa shape index (κ3) is 5.12. The molecule has 2 aliphatic rings. The van der Waals surface area contributed by atoms with Crippen LogP contribution in [0, 0.1) is 11.8 Å². The number of carbonyl (C=O) groups is 2. The molecule has 2 aliphatic carbocycles. The van der Waals surface area contributed by atoms with E-state index in [1.807, 2.05) is 0 Å². The monoisotopic (exact) mass is 517 g/mol. The molecule has 2 atom stereocenters. The maximum Gasteiger partial charge on any atom is 0.272 e. The molecule has 0 aliphatic heterocycles. The van der Waals surface area contributed by atoms with Crippen molar-refractivity contribution >= 4 is 81.7 Å². The van der Waals surface area contributed by atoms with Crippen LogP contribution in [0.15, 0.2) is 41.5 Å². The smallest absolute Gasteiger partial charge is 0.272 e. The number of hydrogen-bond acceptors (Lipinski definition) is 3. The first-order valence-electron chi connectivity index (χ1n) is 9.44. The Hall–Kier alpha value is -1.50. The van der Waals surface area contributed by atoms with E-state index in [-0.39, 0.29) is 10.6 Å². The summed E-state index contributed by atoms with van der Waals surface area (Å²) in [6.45, 7) is 0. The van der Waals surface area contributed by atoms with Crippen molar-refractivity contribution in [1.82, 2.24) is 5.43 Å². The lowest BCUT2D eigenvalue weighted by atomic mass is 10.1. The zero-order valence-corrected chi connectivity index (χ0v) is 19.6. The molecule has 10 heteroatoms. The molecule has 0 spiro atoms. The van der Waals surface area contributed by atoms with E-state index < -0.39 is 28.0 Å². The van der Waals surface area contributed by atoms with Gasteiger partial charge in [-0.1, -0.05) is 34.8 Å². The van der Waals surface area contributed by atoms with Gasteiger partial charge in [-0.15, -0.1) is 23.2 Å². The maximum absolute atomic E-state index is 12.9. The summed E-state index contributed by atoms with van der Waals surface area (Å²) in [4.78, 5) is 25.2. The molecule has 0 heterocycles. The van der Waals surface area contributed by atoms with Crippen LogP contribution in [0.3, 0.4) is 0 Å². The van der Waals surface area contributed by atoms with Crippen molar-refractivity contribution in [3.8, 4) is 0 Å². The molecule has 31 heavy (non-hydrogen) atoms. The number of anilines is 1. The Bertz CT molecular complexity index is 1060. The number of hydrazone groups is 1. The van der Waals surface area contributed by atoms with Crippen LogP contribution in [-0.4, -0.2) is 22.4 Å². The zero-order valence-electron chi connectivity index (χ0n) is 15.8. The minimum absolute atomic E-state index is 0.185. The van der Waals surface area contributed by atoms with Crippen molar-refractivity contribution in [2.75, 3.05) is 5.32 Å². The van der Waals surface area contributed by atoms with Gasteiger partial charge in [0.05, 0.1) is 16.5 Å². The zero-order chi connectivity index (χ0) is 22.3. The fourth-order valence-electron chi connectivity index (χ4n) is 3.33. The predicted octanol–water partition coefficient (Wildman–Crippen LogP) is 6.30. The summed E-state index contributed by atoms with van der Waals surface area (Å²) in [5, 5.41) is 7.76. The Morgan fingerprint density at radius 1 is 1.03 bits per heavy atom. The highest BCUT2D eigenvalue weighted by Crippen LogP contribution is 2.65. The minimum atomic E-state index is -1.30. The van der Waals surface area contributed by atoms with Crippen LogP contribution >= 0.6 is 58.0 Å². The molecule has 0 bridgehead atoms. The first-order chi connectivity index (χ1) is 14.7. The first kappa shape index (κ1) is 22.7. The summed E-state index contributed by atoms with van der Waals surface area (Å²) >= 11 is 31.0. The molecule has 2 amide bonds. The molecule has 2 N–H and O–H groups in total. The van der Waals surface area contributed by atoms with Crippen molar-refractivity contribution in [1.29, 1.82) is 0 Å². The highest BCUT2D eigenvalue weighted by Gasteiger charge is 2.67. The normalized spacial score (nSPS) is 21.7. The molecule has 2 aromatic carbocycles. The quantitative estimate of drug-likeness (QED) is 0.267. The number of carbonyl (C=O) groups excluding carboxylic acids is 2. The molecule has 0 aromatic heterocycles. The summed E-state index contributed by atoms with van der Waals surface area (Å²) in [6, 6.07) is 9.52. The molecule has 0 radical (unpaired) electrons. The lowest BCUT2D eigenvalue weighted by molar-refractivity contribution is -0.117. The highest BCUT2D eigenvalue weighted by molar-refractivity contribution is 6.53. The van der Waals surface area contributed by atoms with Gasteiger partial charge < -0.3 is 5.32 Å². The van der Waals surface area contributed by atoms with Crippen molar-refractivity contribution in [3.05, 3.63) is 62.6 Å². The van der Waals surface area contributed by atoms with Gasteiger partial charge in [-0.25, -0.2) is 5.43 Å². The Labute approximate surface area is 204 Å². The molecule has 0 saturated heterocycles. The molecule has 2 aromatic rings. The molecule has 4 rings (SSSR count). The second-order valence-electron chi connectivity index (χ2n) is 7.57. The van der Waals surface area contributed by atoms with E-state index in [4.69, 9.17) is 58.0 Å². The predicted molar refractivity (Wildman–Crippen MR) is 126 cm³/mol. The fraction of sp³-hybridized carbons (Fsp3) is 0.286. The number of nitrogens with one attached hydrogen (secondary N) is 2. The average molecular weight is 520 g/mol. The van der Waals surface area contributed by atoms with Gasteiger partial charge >= 0.3 is 0 Å². The minimum Gasteiger partial charge on any atom is -0.326 e. The summed E-state index contributed by atoms with van der Waals surface area (Å²) in [5.74, 6) is -1.64. The van der Waals surface area contributed by atoms with Gasteiger partial charge in [-0.05, 0) is 60.7 Å². The SMILES string of the molecule is O=C(NN=CC1CC1)c1cc(NC(=O)[C@H]2[C@H](c3cc(Cl)cc(Cl)c3)C2(Cl)Cl)ccc1Cl. The maximum atomic E-state index is 12.9. The van der Waals surface area contributed by atoms with E-state index >= 15 is 0 Å². The lowest BCUT2D eigenvalue weighted by Gasteiger charge is -2.09. The average Bonchev–Trinajstić information content (AvgIpc) is 3.58. The number of alkyl halides is 2. The van der Waals surface area contributed by atoms with Crippen LogP contribution in [0.25, 0.3) is 0 Å². The van der Waals surface area contributed by atoms with E-state index in [1.165, 1.54) is 12.1 Å². The Balaban J connectivity index is 1.47. The van der Waals surface area contributed by atoms with Gasteiger partial charge in [0.1, 0.15) is 4.33 Å². The standard InChI is InChI=1S/C21H16Cl5N3O2/c22-12-5-11(6-13(23)7-12)17-18(21(17,25)26)20(31)28-14-3-4-16(24)15(8-14)19(30)29-27-9-10-1-2-10/h3-10,17-18H,1-2H2,(H,28,31)(H,29,30)/t17-,18+/m0/s1. The lowest BCUT2D eigenvalue weighted by Crippen LogP contribution is -2.20. The largest absolute Gasteiger partial charge is 0.326 e. The molecule has 2 saturated carbocycles. The number of rotatable bonds is 6. The van der Waals surface area contributed by atoms with Gasteiger partial charge in [0, 0.05) is 27.9 Å². The van der Waals surface area contributed by atoms with Gasteiger partial charge in [0.25, 0.3) is 5.91 Å². The van der Waals surface area contributed by atoms with E-state index in [1.54, 1.807) is 30.5 Å². The van der Waals surface area contributed by atoms with Crippen molar-refractivity contribution < 1.29 is 9.59 Å². The van der Waals surface area contributed by atoms with Gasteiger partial charge in [-0.2, -0.15) is 5.10 Å². The van der Waals surface area contributed by atoms with E-state index in [9.17, 15) is 9.59 Å². The van der Waals surface area contributed by atoms with Crippen molar-refractivity contribution in [3.63, 3.8) is 0 Å².